The van der Waals surface area contributed by atoms with Gasteiger partial charge in [0.05, 0.1) is 12.0 Å². The minimum atomic E-state index is -0.635. The summed E-state index contributed by atoms with van der Waals surface area (Å²) in [7, 11) is 0. The van der Waals surface area contributed by atoms with Crippen molar-refractivity contribution in [2.75, 3.05) is 11.9 Å². The fourth-order valence-corrected chi connectivity index (χ4v) is 4.54. The summed E-state index contributed by atoms with van der Waals surface area (Å²) in [5, 5.41) is 3.01. The van der Waals surface area contributed by atoms with Crippen LogP contribution in [0.1, 0.15) is 56.0 Å². The molecular formula is C21H22N2O5S. The highest BCUT2D eigenvalue weighted by molar-refractivity contribution is 7.17. The van der Waals surface area contributed by atoms with Crippen LogP contribution in [-0.2, 0) is 27.2 Å². The quantitative estimate of drug-likeness (QED) is 0.509. The van der Waals surface area contributed by atoms with Crippen molar-refractivity contribution in [1.82, 2.24) is 0 Å². The van der Waals surface area contributed by atoms with Gasteiger partial charge in [0.1, 0.15) is 5.00 Å². The molecule has 1 aliphatic carbocycles. The first-order valence-corrected chi connectivity index (χ1v) is 10.2. The number of ether oxygens (including phenoxy) is 1. The van der Waals surface area contributed by atoms with E-state index in [1.165, 1.54) is 11.3 Å². The van der Waals surface area contributed by atoms with E-state index in [1.807, 2.05) is 19.1 Å². The first-order chi connectivity index (χ1) is 13.8. The minimum Gasteiger partial charge on any atom is -0.456 e. The molecule has 0 saturated carbocycles. The molecule has 1 aliphatic rings. The van der Waals surface area contributed by atoms with Gasteiger partial charge >= 0.3 is 5.97 Å². The van der Waals surface area contributed by atoms with Gasteiger partial charge in [-0.3, -0.25) is 19.2 Å². The van der Waals surface area contributed by atoms with Crippen LogP contribution in [-0.4, -0.2) is 30.2 Å². The van der Waals surface area contributed by atoms with Crippen LogP contribution < -0.4 is 11.1 Å². The third kappa shape index (κ3) is 5.08. The van der Waals surface area contributed by atoms with Crippen LogP contribution in [0, 0.1) is 6.92 Å². The van der Waals surface area contributed by atoms with Crippen molar-refractivity contribution < 1.29 is 23.9 Å². The highest BCUT2D eigenvalue weighted by atomic mass is 32.1. The average Bonchev–Trinajstić information content (AvgIpc) is 3.25. The van der Waals surface area contributed by atoms with Gasteiger partial charge in [-0.05, 0) is 31.7 Å². The van der Waals surface area contributed by atoms with Crippen molar-refractivity contribution in [3.63, 3.8) is 0 Å². The van der Waals surface area contributed by atoms with Gasteiger partial charge in [0.2, 0.25) is 0 Å². The van der Waals surface area contributed by atoms with Crippen molar-refractivity contribution in [1.29, 1.82) is 0 Å². The number of anilines is 1. The van der Waals surface area contributed by atoms with E-state index in [1.54, 1.807) is 12.1 Å². The number of aryl methyl sites for hydroxylation is 2. The third-order valence-corrected chi connectivity index (χ3v) is 5.92. The van der Waals surface area contributed by atoms with E-state index in [4.69, 9.17) is 10.5 Å². The number of esters is 1. The first kappa shape index (κ1) is 20.7. The van der Waals surface area contributed by atoms with E-state index in [0.717, 1.165) is 35.3 Å². The second-order valence-corrected chi connectivity index (χ2v) is 8.03. The molecule has 0 fully saturated rings. The molecule has 0 saturated heterocycles. The lowest BCUT2D eigenvalue weighted by molar-refractivity contribution is -0.147. The molecule has 0 bridgehead atoms. The van der Waals surface area contributed by atoms with E-state index in [0.29, 0.717) is 16.1 Å². The van der Waals surface area contributed by atoms with Crippen molar-refractivity contribution >= 4 is 39.9 Å². The number of fused-ring (bicyclic) bond motifs is 1. The number of nitrogens with two attached hydrogens (primary N) is 1. The molecule has 2 aromatic rings. The summed E-state index contributed by atoms with van der Waals surface area (Å²) in [6.07, 6.45) is 2.49. The number of hydrogen-bond donors (Lipinski definition) is 2. The molecule has 1 heterocycles. The summed E-state index contributed by atoms with van der Waals surface area (Å²) in [4.78, 5) is 48.8. The van der Waals surface area contributed by atoms with Crippen LogP contribution in [0.2, 0.25) is 0 Å². The maximum absolute atomic E-state index is 12.1. The van der Waals surface area contributed by atoms with Crippen molar-refractivity contribution in [2.24, 2.45) is 5.73 Å². The summed E-state index contributed by atoms with van der Waals surface area (Å²) >= 11 is 1.33. The van der Waals surface area contributed by atoms with E-state index >= 15 is 0 Å². The molecule has 7 nitrogen and oxygen atoms in total. The van der Waals surface area contributed by atoms with E-state index in [-0.39, 0.29) is 18.6 Å². The number of Topliss-reactive ketones (excluding diaryl/α,β-unsaturated/α-hetero) is 1. The average molecular weight is 414 g/mol. The molecule has 3 rings (SSSR count). The van der Waals surface area contributed by atoms with Gasteiger partial charge in [-0.1, -0.05) is 29.8 Å². The summed E-state index contributed by atoms with van der Waals surface area (Å²) in [6, 6.07) is 7.09. The molecule has 0 spiro atoms. The molecule has 0 unspecified atom stereocenters. The molecule has 2 amide bonds. The monoisotopic (exact) mass is 414 g/mol. The Balaban J connectivity index is 1.47. The first-order valence-electron chi connectivity index (χ1n) is 9.35. The van der Waals surface area contributed by atoms with Gasteiger partial charge < -0.3 is 15.8 Å². The minimum absolute atomic E-state index is 0.00693. The SMILES string of the molecule is Cc1ccc(C(=O)CCC(=O)OCC(=O)Nc2sc3c(c2C(N)=O)CCC3)cc1. The molecular weight excluding hydrogens is 392 g/mol. The number of thiophene rings is 1. The highest BCUT2D eigenvalue weighted by Crippen LogP contribution is 2.38. The Morgan fingerprint density at radius 2 is 1.83 bits per heavy atom. The normalized spacial score (nSPS) is 12.3. The van der Waals surface area contributed by atoms with Crippen LogP contribution in [0.15, 0.2) is 24.3 Å². The van der Waals surface area contributed by atoms with Crippen LogP contribution >= 0.6 is 11.3 Å². The lowest BCUT2D eigenvalue weighted by Gasteiger charge is -2.07. The molecule has 0 aliphatic heterocycles. The Bertz CT molecular complexity index is 962. The Morgan fingerprint density at radius 3 is 2.52 bits per heavy atom. The topological polar surface area (TPSA) is 116 Å². The summed E-state index contributed by atoms with van der Waals surface area (Å²) < 4.78 is 4.94. The zero-order chi connectivity index (χ0) is 21.0. The molecule has 152 valence electrons. The van der Waals surface area contributed by atoms with Crippen molar-refractivity contribution in [3.8, 4) is 0 Å². The Hall–Kier alpha value is -3.00. The van der Waals surface area contributed by atoms with Gasteiger partial charge in [-0.2, -0.15) is 0 Å². The number of nitrogens with one attached hydrogen (secondary N) is 1. The molecule has 0 radical (unpaired) electrons. The van der Waals surface area contributed by atoms with Crippen LogP contribution in [0.4, 0.5) is 5.00 Å². The number of carbonyl (C=O) groups is 4. The molecule has 29 heavy (non-hydrogen) atoms. The maximum atomic E-state index is 12.1. The Kier molecular flexibility index (Phi) is 6.43. The molecule has 1 aromatic heterocycles. The fourth-order valence-electron chi connectivity index (χ4n) is 3.23. The van der Waals surface area contributed by atoms with Crippen LogP contribution in [0.3, 0.4) is 0 Å². The summed E-state index contributed by atoms with van der Waals surface area (Å²) in [5.74, 6) is -1.92. The van der Waals surface area contributed by atoms with Gasteiger partial charge in [0.25, 0.3) is 11.8 Å². The Morgan fingerprint density at radius 1 is 1.10 bits per heavy atom. The van der Waals surface area contributed by atoms with E-state index < -0.39 is 24.4 Å². The third-order valence-electron chi connectivity index (χ3n) is 4.71. The molecule has 1 aromatic carbocycles. The second kappa shape index (κ2) is 9.00. The largest absolute Gasteiger partial charge is 0.456 e. The van der Waals surface area contributed by atoms with E-state index in [9.17, 15) is 19.2 Å². The van der Waals surface area contributed by atoms with Crippen molar-refractivity contribution in [2.45, 2.75) is 39.0 Å². The number of ketones is 1. The second-order valence-electron chi connectivity index (χ2n) is 6.92. The highest BCUT2D eigenvalue weighted by Gasteiger charge is 2.26. The number of carbonyl (C=O) groups excluding carboxylic acids is 4. The number of primary amides is 1. The van der Waals surface area contributed by atoms with Crippen LogP contribution in [0.5, 0.6) is 0 Å². The lowest BCUT2D eigenvalue weighted by Crippen LogP contribution is -2.23. The summed E-state index contributed by atoms with van der Waals surface area (Å²) in [5.41, 5.74) is 8.29. The summed E-state index contributed by atoms with van der Waals surface area (Å²) in [6.45, 7) is 1.44. The lowest BCUT2D eigenvalue weighted by atomic mass is 10.1. The van der Waals surface area contributed by atoms with Gasteiger partial charge in [0.15, 0.2) is 12.4 Å². The van der Waals surface area contributed by atoms with Gasteiger partial charge in [0, 0.05) is 16.9 Å². The Labute approximate surface area is 172 Å². The number of rotatable bonds is 8. The molecule has 3 N–H and O–H groups in total. The number of benzene rings is 1. The van der Waals surface area contributed by atoms with Gasteiger partial charge in [-0.25, -0.2) is 0 Å². The standard InChI is InChI=1S/C21H22N2O5S/c1-12-5-7-13(8-6-12)15(24)9-10-18(26)28-11-17(25)23-21-19(20(22)27)14-3-2-4-16(14)29-21/h5-8H,2-4,9-11H2,1H3,(H2,22,27)(H,23,25). The fraction of sp³-hybridized carbons (Fsp3) is 0.333. The van der Waals surface area contributed by atoms with Crippen molar-refractivity contribution in [3.05, 3.63) is 51.4 Å². The predicted molar refractivity (Wildman–Crippen MR) is 109 cm³/mol. The zero-order valence-electron chi connectivity index (χ0n) is 16.1. The van der Waals surface area contributed by atoms with Gasteiger partial charge in [-0.15, -0.1) is 11.3 Å². The zero-order valence-corrected chi connectivity index (χ0v) is 16.9. The smallest absolute Gasteiger partial charge is 0.306 e. The maximum Gasteiger partial charge on any atom is 0.306 e. The number of hydrogen-bond acceptors (Lipinski definition) is 6. The molecule has 8 heteroatoms. The number of amides is 2. The molecule has 0 atom stereocenters. The van der Waals surface area contributed by atoms with Crippen LogP contribution in [0.25, 0.3) is 0 Å². The predicted octanol–water partition coefficient (Wildman–Crippen LogP) is 2.79. The van der Waals surface area contributed by atoms with E-state index in [2.05, 4.69) is 5.32 Å².